The zero-order chi connectivity index (χ0) is 8.97. The van der Waals surface area contributed by atoms with Crippen molar-refractivity contribution in [3.8, 4) is 0 Å². The van der Waals surface area contributed by atoms with Crippen LogP contribution in [0.2, 0.25) is 5.02 Å². The Bertz CT molecular complexity index is 286. The van der Waals surface area contributed by atoms with Crippen LogP contribution in [-0.2, 0) is 15.5 Å². The quantitative estimate of drug-likeness (QED) is 0.741. The van der Waals surface area contributed by atoms with Crippen LogP contribution in [-0.4, -0.2) is 5.97 Å². The van der Waals surface area contributed by atoms with Crippen LogP contribution in [0.3, 0.4) is 0 Å². The van der Waals surface area contributed by atoms with Gasteiger partial charge in [0.1, 0.15) is 11.9 Å². The van der Waals surface area contributed by atoms with E-state index < -0.39 is 5.97 Å². The molecule has 12 heavy (non-hydrogen) atoms. The number of carbonyl (C=O) groups excluding carboxylic acids is 1. The van der Waals surface area contributed by atoms with E-state index in [9.17, 15) is 4.79 Å². The standard InChI is InChI=1S/C8H6Cl2O2/c9-7-4-2-1-3-6(7)5-8(11)12-10/h1-4H,5H2. The SMILES string of the molecule is O=C(Cc1ccccc1Cl)OCl. The first-order chi connectivity index (χ1) is 5.74. The van der Waals surface area contributed by atoms with Crippen LogP contribution in [0.4, 0.5) is 0 Å². The summed E-state index contributed by atoms with van der Waals surface area (Å²) < 4.78 is 3.98. The third-order valence-electron chi connectivity index (χ3n) is 1.38. The van der Waals surface area contributed by atoms with Gasteiger partial charge < -0.3 is 4.29 Å². The molecular formula is C8H6Cl2O2. The van der Waals surface area contributed by atoms with Crippen molar-refractivity contribution in [2.75, 3.05) is 0 Å². The van der Waals surface area contributed by atoms with Crippen LogP contribution >= 0.6 is 23.5 Å². The van der Waals surface area contributed by atoms with Crippen LogP contribution in [0.15, 0.2) is 24.3 Å². The number of halogens is 2. The molecule has 0 unspecified atom stereocenters. The maximum atomic E-state index is 10.7. The maximum absolute atomic E-state index is 10.7. The van der Waals surface area contributed by atoms with Gasteiger partial charge in [0.05, 0.1) is 6.42 Å². The third-order valence-corrected chi connectivity index (χ3v) is 1.92. The Kier molecular flexibility index (Phi) is 3.38. The van der Waals surface area contributed by atoms with Crippen LogP contribution in [0.1, 0.15) is 5.56 Å². The van der Waals surface area contributed by atoms with Gasteiger partial charge in [0.25, 0.3) is 0 Å². The van der Waals surface area contributed by atoms with E-state index in [1.54, 1.807) is 24.3 Å². The molecule has 64 valence electrons. The molecule has 0 aliphatic rings. The van der Waals surface area contributed by atoms with Gasteiger partial charge in [-0.25, -0.2) is 0 Å². The lowest BCUT2D eigenvalue weighted by Crippen LogP contribution is -2.01. The summed E-state index contributed by atoms with van der Waals surface area (Å²) in [5.74, 6) is -0.509. The van der Waals surface area contributed by atoms with Gasteiger partial charge >= 0.3 is 5.97 Å². The molecule has 0 aliphatic carbocycles. The summed E-state index contributed by atoms with van der Waals surface area (Å²) in [5.41, 5.74) is 0.713. The van der Waals surface area contributed by atoms with Crippen molar-refractivity contribution in [1.82, 2.24) is 0 Å². The van der Waals surface area contributed by atoms with Gasteiger partial charge in [0.15, 0.2) is 0 Å². The number of hydrogen-bond donors (Lipinski definition) is 0. The first-order valence-corrected chi connectivity index (χ1v) is 3.97. The van der Waals surface area contributed by atoms with Gasteiger partial charge in [-0.05, 0) is 11.6 Å². The predicted octanol–water partition coefficient (Wildman–Crippen LogP) is 2.58. The molecule has 0 atom stereocenters. The molecule has 0 spiro atoms. The zero-order valence-electron chi connectivity index (χ0n) is 6.09. The van der Waals surface area contributed by atoms with Crippen molar-refractivity contribution in [1.29, 1.82) is 0 Å². The second-order valence-corrected chi connectivity index (χ2v) is 2.78. The highest BCUT2D eigenvalue weighted by Crippen LogP contribution is 2.15. The highest BCUT2D eigenvalue weighted by atomic mass is 35.5. The van der Waals surface area contributed by atoms with E-state index in [4.69, 9.17) is 23.5 Å². The van der Waals surface area contributed by atoms with E-state index in [2.05, 4.69) is 4.29 Å². The first kappa shape index (κ1) is 9.36. The molecule has 0 radical (unpaired) electrons. The fraction of sp³-hybridized carbons (Fsp3) is 0.125. The van der Waals surface area contributed by atoms with Gasteiger partial charge in [-0.1, -0.05) is 29.8 Å². The molecule has 0 fully saturated rings. The lowest BCUT2D eigenvalue weighted by atomic mass is 10.1. The fourth-order valence-corrected chi connectivity index (χ4v) is 1.08. The molecule has 0 aliphatic heterocycles. The molecule has 0 aromatic heterocycles. The molecule has 0 saturated carbocycles. The Labute approximate surface area is 80.2 Å². The maximum Gasteiger partial charge on any atom is 0.329 e. The zero-order valence-corrected chi connectivity index (χ0v) is 7.60. The Morgan fingerprint density at radius 3 is 2.67 bits per heavy atom. The van der Waals surface area contributed by atoms with Crippen LogP contribution < -0.4 is 0 Å². The second-order valence-electron chi connectivity index (χ2n) is 2.22. The van der Waals surface area contributed by atoms with E-state index in [-0.39, 0.29) is 6.42 Å². The molecule has 4 heteroatoms. The van der Waals surface area contributed by atoms with Crippen LogP contribution in [0.5, 0.6) is 0 Å². The van der Waals surface area contributed by atoms with Crippen molar-refractivity contribution in [2.45, 2.75) is 6.42 Å². The van der Waals surface area contributed by atoms with Gasteiger partial charge in [0, 0.05) is 5.02 Å². The minimum absolute atomic E-state index is 0.100. The summed E-state index contributed by atoms with van der Waals surface area (Å²) in [6, 6.07) is 7.04. The normalized spacial score (nSPS) is 9.50. The summed E-state index contributed by atoms with van der Waals surface area (Å²) >= 11 is 10.6. The Hall–Kier alpha value is -0.730. The summed E-state index contributed by atoms with van der Waals surface area (Å²) in [6.07, 6.45) is 0.100. The topological polar surface area (TPSA) is 26.3 Å². The summed E-state index contributed by atoms with van der Waals surface area (Å²) in [5, 5.41) is 0.541. The highest BCUT2D eigenvalue weighted by Gasteiger charge is 2.06. The van der Waals surface area contributed by atoms with Crippen molar-refractivity contribution in [3.63, 3.8) is 0 Å². The number of rotatable bonds is 2. The minimum Gasteiger partial charge on any atom is -0.347 e. The average Bonchev–Trinajstić information content (AvgIpc) is 2.09. The van der Waals surface area contributed by atoms with Crippen LogP contribution in [0, 0.1) is 0 Å². The monoisotopic (exact) mass is 204 g/mol. The van der Waals surface area contributed by atoms with Crippen molar-refractivity contribution < 1.29 is 9.08 Å². The molecule has 2 nitrogen and oxygen atoms in total. The molecule has 0 amide bonds. The predicted molar refractivity (Wildman–Crippen MR) is 47.1 cm³/mol. The molecule has 0 bridgehead atoms. The van der Waals surface area contributed by atoms with Gasteiger partial charge in [-0.15, -0.1) is 0 Å². The third kappa shape index (κ3) is 2.40. The van der Waals surface area contributed by atoms with Gasteiger partial charge in [-0.3, -0.25) is 4.79 Å². The smallest absolute Gasteiger partial charge is 0.329 e. The number of carbonyl (C=O) groups is 1. The molecule has 0 saturated heterocycles. The Morgan fingerprint density at radius 2 is 2.08 bits per heavy atom. The summed E-state index contributed by atoms with van der Waals surface area (Å²) in [6.45, 7) is 0. The molecule has 0 N–H and O–H groups in total. The molecule has 0 heterocycles. The minimum atomic E-state index is -0.509. The molecule has 1 rings (SSSR count). The van der Waals surface area contributed by atoms with Crippen LogP contribution in [0.25, 0.3) is 0 Å². The van der Waals surface area contributed by atoms with Crippen molar-refractivity contribution in [2.24, 2.45) is 0 Å². The largest absolute Gasteiger partial charge is 0.347 e. The van der Waals surface area contributed by atoms with Gasteiger partial charge in [0.2, 0.25) is 0 Å². The van der Waals surface area contributed by atoms with E-state index in [1.807, 2.05) is 0 Å². The van der Waals surface area contributed by atoms with E-state index in [0.29, 0.717) is 10.6 Å². The Morgan fingerprint density at radius 1 is 1.42 bits per heavy atom. The van der Waals surface area contributed by atoms with Gasteiger partial charge in [-0.2, -0.15) is 0 Å². The van der Waals surface area contributed by atoms with Crippen molar-refractivity contribution >= 4 is 29.4 Å². The molecule has 1 aromatic rings. The lowest BCUT2D eigenvalue weighted by Gasteiger charge is -1.99. The first-order valence-electron chi connectivity index (χ1n) is 3.29. The van der Waals surface area contributed by atoms with E-state index in [0.717, 1.165) is 0 Å². The molecular weight excluding hydrogens is 199 g/mol. The highest BCUT2D eigenvalue weighted by molar-refractivity contribution is 6.31. The number of hydrogen-bond acceptors (Lipinski definition) is 2. The summed E-state index contributed by atoms with van der Waals surface area (Å²) in [7, 11) is 0. The van der Waals surface area contributed by atoms with E-state index in [1.165, 1.54) is 0 Å². The molecule has 1 aromatic carbocycles. The fourth-order valence-electron chi connectivity index (χ4n) is 0.825. The average molecular weight is 205 g/mol. The van der Waals surface area contributed by atoms with Crippen molar-refractivity contribution in [3.05, 3.63) is 34.9 Å². The number of benzene rings is 1. The second kappa shape index (κ2) is 4.33. The Balaban J connectivity index is 2.75. The van der Waals surface area contributed by atoms with E-state index >= 15 is 0 Å². The summed E-state index contributed by atoms with van der Waals surface area (Å²) in [4.78, 5) is 10.7. The lowest BCUT2D eigenvalue weighted by molar-refractivity contribution is -0.133.